The summed E-state index contributed by atoms with van der Waals surface area (Å²) in [4.78, 5) is 0. The SMILES string of the molecule is CC[C@@H](O)C[C@H](NS(=O)C(C)(C)C)C(C)C. The summed E-state index contributed by atoms with van der Waals surface area (Å²) in [7, 11) is -1.07. The first-order chi connectivity index (χ1) is 7.18. The minimum Gasteiger partial charge on any atom is -0.393 e. The topological polar surface area (TPSA) is 49.3 Å². The molecule has 0 saturated carbocycles. The second-order valence-corrected chi connectivity index (χ2v) is 7.65. The molecule has 1 unspecified atom stereocenters. The van der Waals surface area contributed by atoms with Crippen LogP contribution in [-0.4, -0.2) is 26.2 Å². The van der Waals surface area contributed by atoms with Crippen molar-refractivity contribution in [2.75, 3.05) is 0 Å². The number of hydrogen-bond donors (Lipinski definition) is 2. The summed E-state index contributed by atoms with van der Waals surface area (Å²) in [5, 5.41) is 9.65. The Morgan fingerprint density at radius 3 is 2.12 bits per heavy atom. The number of rotatable bonds is 6. The van der Waals surface area contributed by atoms with Crippen LogP contribution >= 0.6 is 0 Å². The minimum absolute atomic E-state index is 0.106. The van der Waals surface area contributed by atoms with Crippen molar-refractivity contribution in [3.63, 3.8) is 0 Å². The lowest BCUT2D eigenvalue weighted by atomic mass is 9.98. The van der Waals surface area contributed by atoms with Gasteiger partial charge in [0, 0.05) is 6.04 Å². The molecule has 4 heteroatoms. The van der Waals surface area contributed by atoms with Gasteiger partial charge < -0.3 is 5.11 Å². The fraction of sp³-hybridized carbons (Fsp3) is 1.00. The molecular formula is C12H27NO2S. The Balaban J connectivity index is 4.41. The van der Waals surface area contributed by atoms with Crippen molar-refractivity contribution in [1.29, 1.82) is 0 Å². The molecule has 0 fully saturated rings. The summed E-state index contributed by atoms with van der Waals surface area (Å²) in [6.45, 7) is 12.0. The van der Waals surface area contributed by atoms with Gasteiger partial charge in [0.2, 0.25) is 0 Å². The fourth-order valence-corrected chi connectivity index (χ4v) is 2.23. The first-order valence-corrected chi connectivity index (χ1v) is 7.19. The van der Waals surface area contributed by atoms with Crippen LogP contribution in [0.15, 0.2) is 0 Å². The molecule has 0 bridgehead atoms. The maximum atomic E-state index is 12.0. The number of aliphatic hydroxyl groups is 1. The van der Waals surface area contributed by atoms with E-state index >= 15 is 0 Å². The van der Waals surface area contributed by atoms with Crippen molar-refractivity contribution in [3.8, 4) is 0 Å². The predicted molar refractivity (Wildman–Crippen MR) is 70.6 cm³/mol. The normalized spacial score (nSPS) is 18.5. The second kappa shape index (κ2) is 6.72. The van der Waals surface area contributed by atoms with E-state index in [1.807, 2.05) is 27.7 Å². The van der Waals surface area contributed by atoms with Crippen LogP contribution < -0.4 is 4.72 Å². The highest BCUT2D eigenvalue weighted by molar-refractivity contribution is 7.84. The van der Waals surface area contributed by atoms with E-state index in [-0.39, 0.29) is 16.9 Å². The molecule has 16 heavy (non-hydrogen) atoms. The van der Waals surface area contributed by atoms with Gasteiger partial charge in [0.1, 0.15) is 0 Å². The van der Waals surface area contributed by atoms with Crippen molar-refractivity contribution in [3.05, 3.63) is 0 Å². The zero-order valence-electron chi connectivity index (χ0n) is 11.4. The minimum atomic E-state index is -1.07. The van der Waals surface area contributed by atoms with Crippen LogP contribution in [0.1, 0.15) is 54.4 Å². The van der Waals surface area contributed by atoms with Gasteiger partial charge in [-0.25, -0.2) is 8.93 Å². The molecule has 0 amide bonds. The number of nitrogens with one attached hydrogen (secondary N) is 1. The molecule has 98 valence electrons. The van der Waals surface area contributed by atoms with Crippen LogP contribution in [0.4, 0.5) is 0 Å². The highest BCUT2D eigenvalue weighted by Gasteiger charge is 2.25. The molecule has 0 spiro atoms. The van der Waals surface area contributed by atoms with Crippen LogP contribution in [0.2, 0.25) is 0 Å². The van der Waals surface area contributed by atoms with Gasteiger partial charge in [0.05, 0.1) is 21.8 Å². The van der Waals surface area contributed by atoms with E-state index in [9.17, 15) is 9.32 Å². The molecule has 0 aliphatic heterocycles. The first-order valence-electron chi connectivity index (χ1n) is 6.04. The Bertz CT molecular complexity index is 224. The van der Waals surface area contributed by atoms with Gasteiger partial charge >= 0.3 is 0 Å². The van der Waals surface area contributed by atoms with Crippen LogP contribution in [0, 0.1) is 5.92 Å². The molecule has 0 saturated heterocycles. The molecular weight excluding hydrogens is 222 g/mol. The maximum absolute atomic E-state index is 12.0. The quantitative estimate of drug-likeness (QED) is 0.758. The van der Waals surface area contributed by atoms with Crippen LogP contribution in [0.5, 0.6) is 0 Å². The molecule has 0 aromatic carbocycles. The van der Waals surface area contributed by atoms with Gasteiger partial charge in [-0.3, -0.25) is 0 Å². The summed E-state index contributed by atoms with van der Waals surface area (Å²) in [6.07, 6.45) is 1.10. The van der Waals surface area contributed by atoms with E-state index in [4.69, 9.17) is 0 Å². The molecule has 3 nitrogen and oxygen atoms in total. The van der Waals surface area contributed by atoms with E-state index in [2.05, 4.69) is 18.6 Å². The smallest absolute Gasteiger partial charge is 0.0972 e. The van der Waals surface area contributed by atoms with Gasteiger partial charge in [0.15, 0.2) is 0 Å². The Labute approximate surface area is 103 Å². The van der Waals surface area contributed by atoms with Crippen LogP contribution in [0.25, 0.3) is 0 Å². The largest absolute Gasteiger partial charge is 0.393 e. The fourth-order valence-electron chi connectivity index (χ4n) is 1.23. The highest BCUT2D eigenvalue weighted by Crippen LogP contribution is 2.15. The first kappa shape index (κ1) is 16.1. The standard InChI is InChI=1S/C12H27NO2S/c1-7-10(14)8-11(9(2)3)13-16(15)12(4,5)6/h9-11,13-14H,7-8H2,1-6H3/t10-,11+,16?/m1/s1. The summed E-state index contributed by atoms with van der Waals surface area (Å²) in [5.74, 6) is 0.368. The van der Waals surface area contributed by atoms with Crippen LogP contribution in [-0.2, 0) is 11.0 Å². The van der Waals surface area contributed by atoms with E-state index in [0.29, 0.717) is 12.3 Å². The van der Waals surface area contributed by atoms with Crippen molar-refractivity contribution < 1.29 is 9.32 Å². The predicted octanol–water partition coefficient (Wildman–Crippen LogP) is 2.22. The van der Waals surface area contributed by atoms with Gasteiger partial charge in [-0.15, -0.1) is 0 Å². The third-order valence-corrected chi connectivity index (χ3v) is 4.25. The summed E-state index contributed by atoms with van der Waals surface area (Å²) < 4.78 is 14.8. The van der Waals surface area contributed by atoms with Gasteiger partial charge in [-0.05, 0) is 39.5 Å². The van der Waals surface area contributed by atoms with Gasteiger partial charge in [-0.1, -0.05) is 20.8 Å². The number of hydrogen-bond acceptors (Lipinski definition) is 2. The lowest BCUT2D eigenvalue weighted by Crippen LogP contribution is -2.43. The molecule has 0 heterocycles. The third-order valence-electron chi connectivity index (χ3n) is 2.62. The Kier molecular flexibility index (Phi) is 6.75. The van der Waals surface area contributed by atoms with E-state index in [1.54, 1.807) is 0 Å². The monoisotopic (exact) mass is 249 g/mol. The van der Waals surface area contributed by atoms with E-state index < -0.39 is 11.0 Å². The molecule has 0 radical (unpaired) electrons. The molecule has 0 aromatic rings. The molecule has 3 atom stereocenters. The van der Waals surface area contributed by atoms with Crippen molar-refractivity contribution in [1.82, 2.24) is 4.72 Å². The lowest BCUT2D eigenvalue weighted by Gasteiger charge is -2.28. The van der Waals surface area contributed by atoms with Crippen molar-refractivity contribution in [2.45, 2.75) is 71.3 Å². The third kappa shape index (κ3) is 5.97. The van der Waals surface area contributed by atoms with Crippen molar-refractivity contribution in [2.24, 2.45) is 5.92 Å². The highest BCUT2D eigenvalue weighted by atomic mass is 32.2. The summed E-state index contributed by atoms with van der Waals surface area (Å²) >= 11 is 0. The average Bonchev–Trinajstić information content (AvgIpc) is 2.14. The molecule has 2 N–H and O–H groups in total. The molecule has 0 aliphatic rings. The second-order valence-electron chi connectivity index (χ2n) is 5.65. The summed E-state index contributed by atoms with van der Waals surface area (Å²) in [5.41, 5.74) is 0. The molecule has 0 aromatic heterocycles. The van der Waals surface area contributed by atoms with E-state index in [1.165, 1.54) is 0 Å². The molecule has 0 rings (SSSR count). The lowest BCUT2D eigenvalue weighted by molar-refractivity contribution is 0.141. The zero-order valence-corrected chi connectivity index (χ0v) is 12.2. The van der Waals surface area contributed by atoms with Gasteiger partial charge in [-0.2, -0.15) is 0 Å². The van der Waals surface area contributed by atoms with Gasteiger partial charge in [0.25, 0.3) is 0 Å². The Morgan fingerprint density at radius 1 is 1.31 bits per heavy atom. The molecule has 0 aliphatic carbocycles. The zero-order chi connectivity index (χ0) is 12.9. The Morgan fingerprint density at radius 2 is 1.81 bits per heavy atom. The summed E-state index contributed by atoms with van der Waals surface area (Å²) in [6, 6.07) is 0.106. The average molecular weight is 249 g/mol. The van der Waals surface area contributed by atoms with Crippen molar-refractivity contribution >= 4 is 11.0 Å². The van der Waals surface area contributed by atoms with Crippen LogP contribution in [0.3, 0.4) is 0 Å². The maximum Gasteiger partial charge on any atom is 0.0972 e. The van der Waals surface area contributed by atoms with E-state index in [0.717, 1.165) is 6.42 Å². The number of aliphatic hydroxyl groups excluding tert-OH is 1. The Hall–Kier alpha value is 0.0700.